The van der Waals surface area contributed by atoms with Crippen molar-refractivity contribution in [3.05, 3.63) is 0 Å². The highest BCUT2D eigenvalue weighted by Gasteiger charge is 2.34. The summed E-state index contributed by atoms with van der Waals surface area (Å²) >= 11 is 0. The first-order chi connectivity index (χ1) is 6.40. The van der Waals surface area contributed by atoms with Crippen LogP contribution in [-0.2, 0) is 9.47 Å². The first-order valence-corrected chi connectivity index (χ1v) is 5.33. The molecule has 1 heterocycles. The summed E-state index contributed by atoms with van der Waals surface area (Å²) in [5, 5.41) is 0. The van der Waals surface area contributed by atoms with E-state index in [4.69, 9.17) is 9.47 Å². The zero-order valence-electron chi connectivity index (χ0n) is 8.37. The van der Waals surface area contributed by atoms with Gasteiger partial charge in [0, 0.05) is 25.7 Å². The minimum Gasteiger partial charge on any atom is -0.379 e. The molecule has 1 saturated carbocycles. The SMILES string of the molecule is CCO[C@H]1C[C@H](N2CCOCC2)C1. The van der Waals surface area contributed by atoms with E-state index in [9.17, 15) is 0 Å². The van der Waals surface area contributed by atoms with Crippen LogP contribution in [-0.4, -0.2) is 50.0 Å². The van der Waals surface area contributed by atoms with Gasteiger partial charge in [-0.25, -0.2) is 0 Å². The molecule has 1 aliphatic carbocycles. The Balaban J connectivity index is 1.66. The molecular formula is C10H19NO2. The predicted molar refractivity (Wildman–Crippen MR) is 50.8 cm³/mol. The van der Waals surface area contributed by atoms with Crippen molar-refractivity contribution >= 4 is 0 Å². The Kier molecular flexibility index (Phi) is 3.19. The highest BCUT2D eigenvalue weighted by molar-refractivity contribution is 4.88. The summed E-state index contributed by atoms with van der Waals surface area (Å²) in [4.78, 5) is 2.54. The summed E-state index contributed by atoms with van der Waals surface area (Å²) in [7, 11) is 0. The second-order valence-corrected chi connectivity index (χ2v) is 3.85. The highest BCUT2D eigenvalue weighted by atomic mass is 16.5. The van der Waals surface area contributed by atoms with Gasteiger partial charge in [0.05, 0.1) is 19.3 Å². The summed E-state index contributed by atoms with van der Waals surface area (Å²) < 4.78 is 10.9. The second kappa shape index (κ2) is 4.40. The highest BCUT2D eigenvalue weighted by Crippen LogP contribution is 2.28. The van der Waals surface area contributed by atoms with Crippen molar-refractivity contribution < 1.29 is 9.47 Å². The number of morpholine rings is 1. The van der Waals surface area contributed by atoms with Crippen LogP contribution >= 0.6 is 0 Å². The minimum atomic E-state index is 0.540. The van der Waals surface area contributed by atoms with E-state index in [0.717, 1.165) is 39.0 Å². The first-order valence-electron chi connectivity index (χ1n) is 5.33. The van der Waals surface area contributed by atoms with Gasteiger partial charge in [-0.1, -0.05) is 0 Å². The molecule has 0 N–H and O–H groups in total. The summed E-state index contributed by atoms with van der Waals surface area (Å²) in [6.45, 7) is 6.99. The van der Waals surface area contributed by atoms with Crippen LogP contribution in [0.5, 0.6) is 0 Å². The fraction of sp³-hybridized carbons (Fsp3) is 1.00. The second-order valence-electron chi connectivity index (χ2n) is 3.85. The van der Waals surface area contributed by atoms with Crippen LogP contribution in [0.4, 0.5) is 0 Å². The molecule has 0 aromatic carbocycles. The monoisotopic (exact) mass is 185 g/mol. The van der Waals surface area contributed by atoms with Gasteiger partial charge in [0.1, 0.15) is 0 Å². The molecule has 0 spiro atoms. The lowest BCUT2D eigenvalue weighted by Gasteiger charge is -2.43. The molecule has 0 amide bonds. The van der Waals surface area contributed by atoms with Crippen molar-refractivity contribution in [2.45, 2.75) is 31.9 Å². The fourth-order valence-electron chi connectivity index (χ4n) is 2.15. The summed E-state index contributed by atoms with van der Waals surface area (Å²) in [5.74, 6) is 0. The summed E-state index contributed by atoms with van der Waals surface area (Å²) in [6.07, 6.45) is 3.00. The lowest BCUT2D eigenvalue weighted by atomic mass is 9.87. The number of rotatable bonds is 3. The molecule has 3 nitrogen and oxygen atoms in total. The molecule has 2 aliphatic rings. The smallest absolute Gasteiger partial charge is 0.0604 e. The molecule has 0 radical (unpaired) electrons. The van der Waals surface area contributed by atoms with Crippen LogP contribution in [0, 0.1) is 0 Å². The van der Waals surface area contributed by atoms with Crippen LogP contribution in [0.25, 0.3) is 0 Å². The maximum absolute atomic E-state index is 5.54. The molecule has 2 rings (SSSR count). The van der Waals surface area contributed by atoms with Crippen molar-refractivity contribution in [3.8, 4) is 0 Å². The van der Waals surface area contributed by atoms with Crippen molar-refractivity contribution in [1.29, 1.82) is 0 Å². The molecule has 1 aliphatic heterocycles. The van der Waals surface area contributed by atoms with E-state index in [2.05, 4.69) is 11.8 Å². The normalized spacial score (nSPS) is 35.8. The lowest BCUT2D eigenvalue weighted by Crippen LogP contribution is -2.52. The van der Waals surface area contributed by atoms with E-state index < -0.39 is 0 Å². The van der Waals surface area contributed by atoms with E-state index in [-0.39, 0.29) is 0 Å². The Morgan fingerprint density at radius 2 is 2.00 bits per heavy atom. The zero-order chi connectivity index (χ0) is 9.10. The van der Waals surface area contributed by atoms with Crippen LogP contribution in [0.15, 0.2) is 0 Å². The van der Waals surface area contributed by atoms with Crippen LogP contribution < -0.4 is 0 Å². The molecule has 76 valence electrons. The third kappa shape index (κ3) is 2.22. The van der Waals surface area contributed by atoms with Gasteiger partial charge in [0.2, 0.25) is 0 Å². The summed E-state index contributed by atoms with van der Waals surface area (Å²) in [6, 6.07) is 0.778. The van der Waals surface area contributed by atoms with Gasteiger partial charge < -0.3 is 9.47 Å². The Hall–Kier alpha value is -0.120. The Labute approximate surface area is 80.0 Å². The van der Waals surface area contributed by atoms with Gasteiger partial charge in [-0.3, -0.25) is 4.90 Å². The first kappa shape index (κ1) is 9.44. The van der Waals surface area contributed by atoms with Gasteiger partial charge >= 0.3 is 0 Å². The van der Waals surface area contributed by atoms with E-state index >= 15 is 0 Å². The van der Waals surface area contributed by atoms with E-state index in [1.165, 1.54) is 12.8 Å². The molecule has 2 fully saturated rings. The van der Waals surface area contributed by atoms with Gasteiger partial charge in [0.25, 0.3) is 0 Å². The predicted octanol–water partition coefficient (Wildman–Crippen LogP) is 0.886. The van der Waals surface area contributed by atoms with Crippen molar-refractivity contribution in [3.63, 3.8) is 0 Å². The maximum Gasteiger partial charge on any atom is 0.0604 e. The Morgan fingerprint density at radius 3 is 2.62 bits per heavy atom. The minimum absolute atomic E-state index is 0.540. The van der Waals surface area contributed by atoms with Crippen LogP contribution in [0.2, 0.25) is 0 Å². The van der Waals surface area contributed by atoms with Crippen molar-refractivity contribution in [1.82, 2.24) is 4.90 Å². The molecule has 0 bridgehead atoms. The number of hydrogen-bond donors (Lipinski definition) is 0. The van der Waals surface area contributed by atoms with E-state index in [0.29, 0.717) is 6.10 Å². The number of nitrogens with zero attached hydrogens (tertiary/aromatic N) is 1. The van der Waals surface area contributed by atoms with Crippen molar-refractivity contribution in [2.24, 2.45) is 0 Å². The molecule has 13 heavy (non-hydrogen) atoms. The van der Waals surface area contributed by atoms with Gasteiger partial charge in [0.15, 0.2) is 0 Å². The molecule has 0 aromatic rings. The molecule has 0 atom stereocenters. The molecule has 3 heteroatoms. The topological polar surface area (TPSA) is 21.7 Å². The van der Waals surface area contributed by atoms with E-state index in [1.807, 2.05) is 0 Å². The zero-order valence-corrected chi connectivity index (χ0v) is 8.37. The average molecular weight is 185 g/mol. The van der Waals surface area contributed by atoms with Gasteiger partial charge in [-0.05, 0) is 19.8 Å². The Morgan fingerprint density at radius 1 is 1.31 bits per heavy atom. The quantitative estimate of drug-likeness (QED) is 0.651. The lowest BCUT2D eigenvalue weighted by molar-refractivity contribution is -0.0716. The van der Waals surface area contributed by atoms with E-state index in [1.54, 1.807) is 0 Å². The van der Waals surface area contributed by atoms with Crippen molar-refractivity contribution in [2.75, 3.05) is 32.9 Å². The summed E-state index contributed by atoms with van der Waals surface area (Å²) in [5.41, 5.74) is 0. The molecule has 0 unspecified atom stereocenters. The Bertz CT molecular complexity index is 151. The maximum atomic E-state index is 5.54. The van der Waals surface area contributed by atoms with Crippen LogP contribution in [0.1, 0.15) is 19.8 Å². The fourth-order valence-corrected chi connectivity index (χ4v) is 2.15. The number of hydrogen-bond acceptors (Lipinski definition) is 3. The number of ether oxygens (including phenoxy) is 2. The standard InChI is InChI=1S/C10H19NO2/c1-2-13-10-7-9(8-10)11-3-5-12-6-4-11/h9-10H,2-8H2,1H3/t9-,10-. The molecular weight excluding hydrogens is 166 g/mol. The van der Waals surface area contributed by atoms with Crippen LogP contribution in [0.3, 0.4) is 0 Å². The third-order valence-electron chi connectivity index (χ3n) is 3.03. The molecule has 1 saturated heterocycles. The molecule has 0 aromatic heterocycles. The largest absolute Gasteiger partial charge is 0.379 e. The average Bonchev–Trinajstić information content (AvgIpc) is 2.12. The van der Waals surface area contributed by atoms with Gasteiger partial charge in [-0.2, -0.15) is 0 Å². The third-order valence-corrected chi connectivity index (χ3v) is 3.03. The van der Waals surface area contributed by atoms with Gasteiger partial charge in [-0.15, -0.1) is 0 Å².